The van der Waals surface area contributed by atoms with Gasteiger partial charge in [-0.15, -0.1) is 0 Å². The first-order chi connectivity index (χ1) is 8.54. The summed E-state index contributed by atoms with van der Waals surface area (Å²) in [6.45, 7) is 10.3. The standard InChI is InChI=1S/C13H27N2O2P/c1-11(2)13(12(3)4)18(10-15-9-14)17-8-6-7-16-5/h11-13,15H,6-8,10H2,1-5H3. The second-order valence-electron chi connectivity index (χ2n) is 5.02. The molecule has 0 aliphatic rings. The van der Waals surface area contributed by atoms with Crippen molar-refractivity contribution in [2.45, 2.75) is 39.8 Å². The Balaban J connectivity index is 4.38. The summed E-state index contributed by atoms with van der Waals surface area (Å²) < 4.78 is 11.0. The van der Waals surface area contributed by atoms with Gasteiger partial charge in [-0.05, 0) is 18.3 Å². The fourth-order valence-electron chi connectivity index (χ4n) is 2.17. The lowest BCUT2D eigenvalue weighted by Gasteiger charge is -2.32. The summed E-state index contributed by atoms with van der Waals surface area (Å²) in [6, 6.07) is 0. The second kappa shape index (κ2) is 10.6. The van der Waals surface area contributed by atoms with E-state index in [9.17, 15) is 0 Å². The average molecular weight is 274 g/mol. The van der Waals surface area contributed by atoms with Crippen LogP contribution in [-0.4, -0.2) is 32.3 Å². The third kappa shape index (κ3) is 7.16. The molecule has 0 saturated heterocycles. The van der Waals surface area contributed by atoms with E-state index >= 15 is 0 Å². The van der Waals surface area contributed by atoms with Gasteiger partial charge in [0.2, 0.25) is 0 Å². The van der Waals surface area contributed by atoms with Gasteiger partial charge in [0.05, 0.1) is 21.0 Å². The molecule has 0 bridgehead atoms. The SMILES string of the molecule is COCCCOP(CNC#N)C(C(C)C)C(C)C. The fourth-order valence-corrected chi connectivity index (χ4v) is 4.56. The molecule has 0 spiro atoms. The molecule has 0 rings (SSSR count). The molecule has 106 valence electrons. The summed E-state index contributed by atoms with van der Waals surface area (Å²) in [6.07, 6.45) is 3.55. The zero-order chi connectivity index (χ0) is 14.0. The Bertz CT molecular complexity index is 234. The van der Waals surface area contributed by atoms with Crippen molar-refractivity contribution in [1.82, 2.24) is 5.32 Å². The molecule has 5 heteroatoms. The van der Waals surface area contributed by atoms with Gasteiger partial charge in [0, 0.05) is 19.4 Å². The lowest BCUT2D eigenvalue weighted by molar-refractivity contribution is 0.174. The number of methoxy groups -OCH3 is 1. The Morgan fingerprint density at radius 2 is 1.78 bits per heavy atom. The van der Waals surface area contributed by atoms with Gasteiger partial charge < -0.3 is 14.6 Å². The van der Waals surface area contributed by atoms with Gasteiger partial charge >= 0.3 is 0 Å². The van der Waals surface area contributed by atoms with Crippen LogP contribution in [0.3, 0.4) is 0 Å². The predicted octanol–water partition coefficient (Wildman–Crippen LogP) is 3.15. The van der Waals surface area contributed by atoms with Crippen LogP contribution in [0.5, 0.6) is 0 Å². The van der Waals surface area contributed by atoms with E-state index in [0.29, 0.717) is 30.4 Å². The zero-order valence-electron chi connectivity index (χ0n) is 12.3. The Hall–Kier alpha value is -0.360. The van der Waals surface area contributed by atoms with E-state index in [0.717, 1.165) is 13.0 Å². The highest BCUT2D eigenvalue weighted by molar-refractivity contribution is 7.53. The van der Waals surface area contributed by atoms with E-state index in [1.165, 1.54) is 0 Å². The van der Waals surface area contributed by atoms with Crippen LogP contribution < -0.4 is 5.32 Å². The van der Waals surface area contributed by atoms with E-state index in [4.69, 9.17) is 14.5 Å². The third-order valence-electron chi connectivity index (χ3n) is 2.76. The highest BCUT2D eigenvalue weighted by Crippen LogP contribution is 2.48. The molecule has 1 N–H and O–H groups in total. The summed E-state index contributed by atoms with van der Waals surface area (Å²) in [5.74, 6) is 1.14. The first kappa shape index (κ1) is 17.6. The molecule has 1 unspecified atom stereocenters. The predicted molar refractivity (Wildman–Crippen MR) is 76.4 cm³/mol. The quantitative estimate of drug-likeness (QED) is 0.288. The van der Waals surface area contributed by atoms with E-state index in [1.54, 1.807) is 7.11 Å². The number of rotatable bonds is 10. The smallest absolute Gasteiger partial charge is 0.176 e. The highest BCUT2D eigenvalue weighted by atomic mass is 31.1. The average Bonchev–Trinajstić information content (AvgIpc) is 2.30. The summed E-state index contributed by atoms with van der Waals surface area (Å²) in [7, 11) is 1.08. The molecule has 18 heavy (non-hydrogen) atoms. The Kier molecular flexibility index (Phi) is 10.3. The molecular weight excluding hydrogens is 247 g/mol. The first-order valence-electron chi connectivity index (χ1n) is 6.55. The molecule has 0 saturated carbocycles. The van der Waals surface area contributed by atoms with Gasteiger partial charge in [0.1, 0.15) is 0 Å². The zero-order valence-corrected chi connectivity index (χ0v) is 13.2. The van der Waals surface area contributed by atoms with Crippen molar-refractivity contribution in [2.75, 3.05) is 26.6 Å². The number of nitrogens with one attached hydrogen (secondary N) is 1. The molecule has 0 aliphatic carbocycles. The molecule has 0 aromatic heterocycles. The van der Waals surface area contributed by atoms with Crippen LogP contribution in [0.15, 0.2) is 0 Å². The summed E-state index contributed by atoms with van der Waals surface area (Å²) in [5.41, 5.74) is 0.517. The summed E-state index contributed by atoms with van der Waals surface area (Å²) in [5, 5.41) is 11.4. The van der Waals surface area contributed by atoms with Crippen LogP contribution >= 0.6 is 8.15 Å². The number of nitrogens with zero attached hydrogens (tertiary/aromatic N) is 1. The number of hydrogen-bond acceptors (Lipinski definition) is 4. The van der Waals surface area contributed by atoms with Crippen molar-refractivity contribution >= 4 is 8.15 Å². The maximum absolute atomic E-state index is 8.66. The molecule has 0 amide bonds. The molecule has 0 radical (unpaired) electrons. The molecule has 0 fully saturated rings. The highest BCUT2D eigenvalue weighted by Gasteiger charge is 2.28. The van der Waals surface area contributed by atoms with Crippen molar-refractivity contribution in [3.8, 4) is 6.19 Å². The lowest BCUT2D eigenvalue weighted by Crippen LogP contribution is -2.25. The molecule has 0 aromatic rings. The molecule has 0 aliphatic heterocycles. The van der Waals surface area contributed by atoms with Crippen LogP contribution in [-0.2, 0) is 9.26 Å². The van der Waals surface area contributed by atoms with E-state index in [2.05, 4.69) is 33.0 Å². The van der Waals surface area contributed by atoms with E-state index in [1.807, 2.05) is 6.19 Å². The maximum Gasteiger partial charge on any atom is 0.176 e. The van der Waals surface area contributed by atoms with Crippen LogP contribution in [0.4, 0.5) is 0 Å². The van der Waals surface area contributed by atoms with Gasteiger partial charge in [-0.2, -0.15) is 5.26 Å². The number of ether oxygens (including phenoxy) is 1. The fraction of sp³-hybridized carbons (Fsp3) is 0.923. The van der Waals surface area contributed by atoms with Crippen molar-refractivity contribution in [2.24, 2.45) is 11.8 Å². The minimum absolute atomic E-state index is 0.517. The third-order valence-corrected chi connectivity index (χ3v) is 5.60. The van der Waals surface area contributed by atoms with Crippen molar-refractivity contribution in [3.05, 3.63) is 0 Å². The van der Waals surface area contributed by atoms with Gasteiger partial charge in [0.15, 0.2) is 6.19 Å². The van der Waals surface area contributed by atoms with E-state index < -0.39 is 8.15 Å². The first-order valence-corrected chi connectivity index (χ1v) is 8.06. The van der Waals surface area contributed by atoms with Crippen molar-refractivity contribution in [1.29, 1.82) is 5.26 Å². The van der Waals surface area contributed by atoms with Gasteiger partial charge in [0.25, 0.3) is 0 Å². The van der Waals surface area contributed by atoms with E-state index in [-0.39, 0.29) is 0 Å². The van der Waals surface area contributed by atoms with Crippen LogP contribution in [0.2, 0.25) is 0 Å². The summed E-state index contributed by atoms with van der Waals surface area (Å²) >= 11 is 0. The minimum Gasteiger partial charge on any atom is -0.385 e. The van der Waals surface area contributed by atoms with Gasteiger partial charge in [-0.3, -0.25) is 0 Å². The minimum atomic E-state index is -0.615. The molecule has 0 heterocycles. The number of nitriles is 1. The maximum atomic E-state index is 8.66. The molecule has 1 atom stereocenters. The molecule has 0 aromatic carbocycles. The molecular formula is C13H27N2O2P. The Morgan fingerprint density at radius 1 is 1.17 bits per heavy atom. The Labute approximate surface area is 113 Å². The van der Waals surface area contributed by atoms with Gasteiger partial charge in [-0.1, -0.05) is 27.7 Å². The summed E-state index contributed by atoms with van der Waals surface area (Å²) in [4.78, 5) is 0. The number of hydrogen-bond donors (Lipinski definition) is 1. The second-order valence-corrected chi connectivity index (χ2v) is 7.03. The Morgan fingerprint density at radius 3 is 2.22 bits per heavy atom. The monoisotopic (exact) mass is 274 g/mol. The molecule has 4 nitrogen and oxygen atoms in total. The van der Waals surface area contributed by atoms with Crippen molar-refractivity contribution in [3.63, 3.8) is 0 Å². The topological polar surface area (TPSA) is 54.3 Å². The lowest BCUT2D eigenvalue weighted by atomic mass is 10.00. The largest absolute Gasteiger partial charge is 0.385 e. The van der Waals surface area contributed by atoms with Crippen LogP contribution in [0, 0.1) is 23.3 Å². The van der Waals surface area contributed by atoms with Crippen molar-refractivity contribution < 1.29 is 9.26 Å². The van der Waals surface area contributed by atoms with Crippen LogP contribution in [0.25, 0.3) is 0 Å². The van der Waals surface area contributed by atoms with Gasteiger partial charge in [-0.25, -0.2) is 0 Å². The van der Waals surface area contributed by atoms with Crippen LogP contribution in [0.1, 0.15) is 34.1 Å². The normalized spacial score (nSPS) is 13.1.